The minimum absolute atomic E-state index is 0.659. The summed E-state index contributed by atoms with van der Waals surface area (Å²) in [7, 11) is 0. The molecule has 0 amide bonds. The summed E-state index contributed by atoms with van der Waals surface area (Å²) >= 11 is 0. The lowest BCUT2D eigenvalue weighted by atomic mass is 9.82. The number of unbranched alkanes of at least 4 members (excludes halogenated alkanes) is 1. The van der Waals surface area contributed by atoms with Crippen molar-refractivity contribution in [1.29, 1.82) is 0 Å². The zero-order valence-corrected chi connectivity index (χ0v) is 12.0. The molecule has 0 heterocycles. The topological polar surface area (TPSA) is 48.8 Å². The van der Waals surface area contributed by atoms with E-state index in [4.69, 9.17) is 5.53 Å². The highest BCUT2D eigenvalue weighted by Crippen LogP contribution is 2.27. The molecule has 0 N–H and O–H groups in total. The van der Waals surface area contributed by atoms with Crippen molar-refractivity contribution in [2.75, 3.05) is 6.54 Å². The lowest BCUT2D eigenvalue weighted by Gasteiger charge is -2.24. The van der Waals surface area contributed by atoms with Gasteiger partial charge in [0.1, 0.15) is 0 Å². The predicted molar refractivity (Wildman–Crippen MR) is 74.9 cm³/mol. The van der Waals surface area contributed by atoms with E-state index in [1.54, 1.807) is 0 Å². The molecule has 0 fully saturated rings. The van der Waals surface area contributed by atoms with E-state index in [0.29, 0.717) is 6.54 Å². The molecule has 3 nitrogen and oxygen atoms in total. The smallest absolute Gasteiger partial charge is 0.0257 e. The van der Waals surface area contributed by atoms with Crippen molar-refractivity contribution < 1.29 is 0 Å². The fourth-order valence-corrected chi connectivity index (χ4v) is 2.48. The Bertz CT molecular complexity index is 220. The summed E-state index contributed by atoms with van der Waals surface area (Å²) in [4.78, 5) is 2.79. The van der Waals surface area contributed by atoms with Gasteiger partial charge in [-0.25, -0.2) is 0 Å². The number of hydrogen-bond acceptors (Lipinski definition) is 1. The average Bonchev–Trinajstić information content (AvgIpc) is 2.27. The molecule has 0 saturated heterocycles. The molecule has 17 heavy (non-hydrogen) atoms. The molecule has 0 bridgehead atoms. The van der Waals surface area contributed by atoms with Gasteiger partial charge in [0, 0.05) is 11.5 Å². The van der Waals surface area contributed by atoms with Crippen LogP contribution in [0.3, 0.4) is 0 Å². The van der Waals surface area contributed by atoms with Crippen molar-refractivity contribution in [1.82, 2.24) is 0 Å². The van der Waals surface area contributed by atoms with Gasteiger partial charge in [0.05, 0.1) is 0 Å². The van der Waals surface area contributed by atoms with Gasteiger partial charge in [0.2, 0.25) is 0 Å². The van der Waals surface area contributed by atoms with E-state index in [1.165, 1.54) is 32.1 Å². The van der Waals surface area contributed by atoms with Crippen molar-refractivity contribution in [3.05, 3.63) is 10.4 Å². The Kier molecular flexibility index (Phi) is 10.0. The molecule has 2 unspecified atom stereocenters. The molecular weight excluding hydrogens is 210 g/mol. The molecule has 0 aliphatic carbocycles. The molecule has 0 rings (SSSR count). The molecule has 0 saturated carbocycles. The van der Waals surface area contributed by atoms with E-state index in [9.17, 15) is 0 Å². The molecule has 0 spiro atoms. The second-order valence-electron chi connectivity index (χ2n) is 5.58. The molecule has 3 heteroatoms. The van der Waals surface area contributed by atoms with Gasteiger partial charge in [-0.2, -0.15) is 0 Å². The van der Waals surface area contributed by atoms with Crippen LogP contribution >= 0.6 is 0 Å². The third kappa shape index (κ3) is 9.05. The maximum absolute atomic E-state index is 8.20. The molecule has 2 atom stereocenters. The van der Waals surface area contributed by atoms with Gasteiger partial charge in [-0.1, -0.05) is 58.5 Å². The van der Waals surface area contributed by atoms with Crippen LogP contribution in [0.2, 0.25) is 0 Å². The standard InChI is InChI=1S/C14H29N3/c1-5-8-13(4)11-14(12(2)3)9-6-7-10-16-17-15/h12-14H,5-11H2,1-4H3. The highest BCUT2D eigenvalue weighted by atomic mass is 15.1. The fraction of sp³-hybridized carbons (Fsp3) is 1.00. The van der Waals surface area contributed by atoms with Crippen LogP contribution < -0.4 is 0 Å². The minimum atomic E-state index is 0.659. The van der Waals surface area contributed by atoms with Crippen LogP contribution in [0, 0.1) is 17.8 Å². The van der Waals surface area contributed by atoms with Crippen molar-refractivity contribution in [3.8, 4) is 0 Å². The van der Waals surface area contributed by atoms with E-state index in [0.717, 1.165) is 24.2 Å². The summed E-state index contributed by atoms with van der Waals surface area (Å²) < 4.78 is 0. The first kappa shape index (κ1) is 16.3. The summed E-state index contributed by atoms with van der Waals surface area (Å²) in [5.41, 5.74) is 8.20. The highest BCUT2D eigenvalue weighted by molar-refractivity contribution is 4.67. The summed E-state index contributed by atoms with van der Waals surface area (Å²) in [6.07, 6.45) is 7.51. The highest BCUT2D eigenvalue weighted by Gasteiger charge is 2.15. The molecule has 0 radical (unpaired) electrons. The Hall–Kier alpha value is -0.690. The second kappa shape index (κ2) is 10.5. The van der Waals surface area contributed by atoms with Crippen LogP contribution in [0.25, 0.3) is 10.4 Å². The van der Waals surface area contributed by atoms with Crippen LogP contribution in [-0.2, 0) is 0 Å². The van der Waals surface area contributed by atoms with Crippen LogP contribution in [0.4, 0.5) is 0 Å². The minimum Gasteiger partial charge on any atom is -0.0940 e. The largest absolute Gasteiger partial charge is 0.0940 e. The van der Waals surface area contributed by atoms with E-state index >= 15 is 0 Å². The van der Waals surface area contributed by atoms with Gasteiger partial charge < -0.3 is 0 Å². The summed E-state index contributed by atoms with van der Waals surface area (Å²) in [6, 6.07) is 0. The van der Waals surface area contributed by atoms with Gasteiger partial charge in [-0.05, 0) is 36.1 Å². The van der Waals surface area contributed by atoms with Gasteiger partial charge in [0.15, 0.2) is 0 Å². The number of rotatable bonds is 10. The molecule has 0 aliphatic rings. The third-order valence-electron chi connectivity index (χ3n) is 3.58. The van der Waals surface area contributed by atoms with E-state index in [1.807, 2.05) is 0 Å². The summed E-state index contributed by atoms with van der Waals surface area (Å²) in [5, 5.41) is 3.58. The summed E-state index contributed by atoms with van der Waals surface area (Å²) in [6.45, 7) is 9.96. The Balaban J connectivity index is 3.85. The van der Waals surface area contributed by atoms with Gasteiger partial charge in [-0.3, -0.25) is 0 Å². The molecule has 0 aromatic carbocycles. The van der Waals surface area contributed by atoms with Crippen LogP contribution in [-0.4, -0.2) is 6.54 Å². The lowest BCUT2D eigenvalue weighted by Crippen LogP contribution is -2.13. The molecule has 0 aliphatic heterocycles. The Morgan fingerprint density at radius 1 is 1.12 bits per heavy atom. The normalized spacial score (nSPS) is 14.4. The zero-order valence-electron chi connectivity index (χ0n) is 12.0. The number of azide groups is 1. The second-order valence-corrected chi connectivity index (χ2v) is 5.58. The molecular formula is C14H29N3. The molecule has 0 aromatic rings. The molecule has 0 aromatic heterocycles. The lowest BCUT2D eigenvalue weighted by molar-refractivity contribution is 0.275. The Morgan fingerprint density at radius 2 is 1.82 bits per heavy atom. The van der Waals surface area contributed by atoms with Crippen molar-refractivity contribution in [3.63, 3.8) is 0 Å². The maximum atomic E-state index is 8.20. The Labute approximate surface area is 107 Å². The van der Waals surface area contributed by atoms with E-state index < -0.39 is 0 Å². The Morgan fingerprint density at radius 3 is 2.35 bits per heavy atom. The maximum Gasteiger partial charge on any atom is 0.0257 e. The first-order valence-corrected chi connectivity index (χ1v) is 7.12. The van der Waals surface area contributed by atoms with Crippen LogP contribution in [0.15, 0.2) is 5.11 Å². The molecule has 100 valence electrons. The van der Waals surface area contributed by atoms with Crippen molar-refractivity contribution in [2.45, 2.75) is 66.2 Å². The average molecular weight is 239 g/mol. The van der Waals surface area contributed by atoms with E-state index in [2.05, 4.69) is 37.7 Å². The number of nitrogens with zero attached hydrogens (tertiary/aromatic N) is 3. The predicted octanol–water partition coefficient (Wildman–Crippen LogP) is 5.57. The van der Waals surface area contributed by atoms with Crippen LogP contribution in [0.5, 0.6) is 0 Å². The van der Waals surface area contributed by atoms with Crippen molar-refractivity contribution in [2.24, 2.45) is 22.9 Å². The monoisotopic (exact) mass is 239 g/mol. The van der Waals surface area contributed by atoms with Crippen molar-refractivity contribution >= 4 is 0 Å². The summed E-state index contributed by atoms with van der Waals surface area (Å²) in [5.74, 6) is 2.46. The third-order valence-corrected chi connectivity index (χ3v) is 3.58. The van der Waals surface area contributed by atoms with Gasteiger partial charge >= 0.3 is 0 Å². The van der Waals surface area contributed by atoms with Crippen LogP contribution in [0.1, 0.15) is 66.2 Å². The SMILES string of the molecule is CCCC(C)CC(CCCCN=[N+]=[N-])C(C)C. The number of hydrogen-bond donors (Lipinski definition) is 0. The zero-order chi connectivity index (χ0) is 13.1. The fourth-order valence-electron chi connectivity index (χ4n) is 2.48. The first-order valence-electron chi connectivity index (χ1n) is 7.12. The first-order chi connectivity index (χ1) is 8.11. The van der Waals surface area contributed by atoms with E-state index in [-0.39, 0.29) is 0 Å². The quantitative estimate of drug-likeness (QED) is 0.207. The van der Waals surface area contributed by atoms with Gasteiger partial charge in [0.25, 0.3) is 0 Å². The van der Waals surface area contributed by atoms with Gasteiger partial charge in [-0.15, -0.1) is 0 Å².